The van der Waals surface area contributed by atoms with Gasteiger partial charge < -0.3 is 14.2 Å². The van der Waals surface area contributed by atoms with Gasteiger partial charge in [-0.05, 0) is 65.9 Å². The Morgan fingerprint density at radius 1 is 0.395 bits per heavy atom. The molecule has 0 radical (unpaired) electrons. The van der Waals surface area contributed by atoms with Crippen molar-refractivity contribution in [3.8, 4) is 17.2 Å². The SMILES string of the molecule is CCCCCCCCCCOc1ccc(C(c2ccc(OC)cc2)c2ccc(OCCCCCCCCCC)cc2)cc1. The third kappa shape index (κ3) is 13.5. The Balaban J connectivity index is 1.53. The molecule has 0 amide bonds. The quantitative estimate of drug-likeness (QED) is 0.0772. The lowest BCUT2D eigenvalue weighted by Gasteiger charge is -2.20. The molecule has 236 valence electrons. The van der Waals surface area contributed by atoms with Gasteiger partial charge in [0.05, 0.1) is 20.3 Å². The molecule has 3 aromatic carbocycles. The van der Waals surface area contributed by atoms with Crippen LogP contribution in [0.3, 0.4) is 0 Å². The Kier molecular flexibility index (Phi) is 17.4. The van der Waals surface area contributed by atoms with Crippen molar-refractivity contribution in [3.05, 3.63) is 89.5 Å². The minimum Gasteiger partial charge on any atom is -0.497 e. The molecule has 0 aliphatic heterocycles. The number of hydrogen-bond donors (Lipinski definition) is 0. The van der Waals surface area contributed by atoms with Gasteiger partial charge in [0.25, 0.3) is 0 Å². The minimum absolute atomic E-state index is 0.120. The molecular weight excluding hydrogens is 528 g/mol. The van der Waals surface area contributed by atoms with E-state index in [0.29, 0.717) is 0 Å². The van der Waals surface area contributed by atoms with E-state index >= 15 is 0 Å². The molecule has 3 heteroatoms. The first-order valence-corrected chi connectivity index (χ1v) is 17.3. The van der Waals surface area contributed by atoms with Crippen molar-refractivity contribution in [1.82, 2.24) is 0 Å². The Hall–Kier alpha value is -2.94. The minimum atomic E-state index is 0.120. The summed E-state index contributed by atoms with van der Waals surface area (Å²) in [6.45, 7) is 6.12. The molecule has 3 aromatic rings. The average Bonchev–Trinajstić information content (AvgIpc) is 3.05. The van der Waals surface area contributed by atoms with Gasteiger partial charge in [0.15, 0.2) is 0 Å². The van der Waals surface area contributed by atoms with E-state index in [1.165, 1.54) is 107 Å². The van der Waals surface area contributed by atoms with Crippen molar-refractivity contribution >= 4 is 0 Å². The molecule has 0 unspecified atom stereocenters. The number of methoxy groups -OCH3 is 1. The van der Waals surface area contributed by atoms with Gasteiger partial charge in [-0.25, -0.2) is 0 Å². The fourth-order valence-electron chi connectivity index (χ4n) is 5.74. The Labute approximate surface area is 263 Å². The van der Waals surface area contributed by atoms with Crippen molar-refractivity contribution in [2.45, 2.75) is 122 Å². The van der Waals surface area contributed by atoms with E-state index in [4.69, 9.17) is 14.2 Å². The van der Waals surface area contributed by atoms with Crippen LogP contribution in [0.1, 0.15) is 139 Å². The van der Waals surface area contributed by atoms with E-state index in [0.717, 1.165) is 43.3 Å². The van der Waals surface area contributed by atoms with Gasteiger partial charge in [0.2, 0.25) is 0 Å². The second-order valence-corrected chi connectivity index (χ2v) is 12.0. The van der Waals surface area contributed by atoms with Crippen LogP contribution in [0, 0.1) is 0 Å². The summed E-state index contributed by atoms with van der Waals surface area (Å²) < 4.78 is 17.6. The van der Waals surface area contributed by atoms with Crippen LogP contribution >= 0.6 is 0 Å². The van der Waals surface area contributed by atoms with Gasteiger partial charge in [-0.1, -0.05) is 140 Å². The van der Waals surface area contributed by atoms with E-state index < -0.39 is 0 Å². The van der Waals surface area contributed by atoms with Gasteiger partial charge in [-0.2, -0.15) is 0 Å². The normalized spacial score (nSPS) is 11.2. The van der Waals surface area contributed by atoms with E-state index in [1.807, 2.05) is 12.1 Å². The van der Waals surface area contributed by atoms with Gasteiger partial charge in [-0.3, -0.25) is 0 Å². The standard InChI is InChI=1S/C40H58O3/c1-4-6-8-10-12-14-16-18-32-42-38-28-22-35(23-29-38)40(34-20-26-37(41-3)27-21-34)36-24-30-39(31-25-36)43-33-19-17-15-13-11-9-7-5-2/h20-31,40H,4-19,32-33H2,1-3H3. The zero-order chi connectivity index (χ0) is 30.4. The Bertz CT molecular complexity index is 1010. The van der Waals surface area contributed by atoms with Crippen LogP contribution in [0.2, 0.25) is 0 Å². The smallest absolute Gasteiger partial charge is 0.119 e. The molecule has 43 heavy (non-hydrogen) atoms. The molecule has 3 nitrogen and oxygen atoms in total. The Morgan fingerprint density at radius 3 is 1.02 bits per heavy atom. The molecule has 0 saturated carbocycles. The number of unbranched alkanes of at least 4 members (excludes halogenated alkanes) is 14. The summed E-state index contributed by atoms with van der Waals surface area (Å²) >= 11 is 0. The first-order valence-electron chi connectivity index (χ1n) is 17.3. The monoisotopic (exact) mass is 586 g/mol. The maximum absolute atomic E-state index is 6.09. The lowest BCUT2D eigenvalue weighted by Crippen LogP contribution is -2.04. The third-order valence-electron chi connectivity index (χ3n) is 8.41. The summed E-state index contributed by atoms with van der Waals surface area (Å²) in [6.07, 6.45) is 21.0. The van der Waals surface area contributed by atoms with Crippen LogP contribution in [0.15, 0.2) is 72.8 Å². The van der Waals surface area contributed by atoms with E-state index in [9.17, 15) is 0 Å². The highest BCUT2D eigenvalue weighted by Crippen LogP contribution is 2.34. The molecule has 3 rings (SSSR count). The molecule has 0 spiro atoms. The molecule has 0 heterocycles. The van der Waals surface area contributed by atoms with Gasteiger partial charge in [0, 0.05) is 5.92 Å². The summed E-state index contributed by atoms with van der Waals surface area (Å²) in [5.74, 6) is 2.89. The number of rotatable bonds is 24. The van der Waals surface area contributed by atoms with Crippen LogP contribution < -0.4 is 14.2 Å². The number of benzene rings is 3. The van der Waals surface area contributed by atoms with Crippen LogP contribution in [-0.2, 0) is 0 Å². The van der Waals surface area contributed by atoms with E-state index in [-0.39, 0.29) is 5.92 Å². The fraction of sp³-hybridized carbons (Fsp3) is 0.550. The number of ether oxygens (including phenoxy) is 3. The van der Waals surface area contributed by atoms with Crippen LogP contribution in [0.25, 0.3) is 0 Å². The highest BCUT2D eigenvalue weighted by atomic mass is 16.5. The van der Waals surface area contributed by atoms with Gasteiger partial charge in [-0.15, -0.1) is 0 Å². The molecule has 0 atom stereocenters. The highest BCUT2D eigenvalue weighted by Gasteiger charge is 2.17. The fourth-order valence-corrected chi connectivity index (χ4v) is 5.74. The average molecular weight is 587 g/mol. The van der Waals surface area contributed by atoms with Crippen molar-refractivity contribution < 1.29 is 14.2 Å². The summed E-state index contributed by atoms with van der Waals surface area (Å²) in [7, 11) is 1.71. The first kappa shape index (κ1) is 34.5. The molecular formula is C40H58O3. The molecule has 0 saturated heterocycles. The predicted octanol–water partition coefficient (Wildman–Crippen LogP) is 11.9. The van der Waals surface area contributed by atoms with Gasteiger partial charge >= 0.3 is 0 Å². The van der Waals surface area contributed by atoms with E-state index in [2.05, 4.69) is 74.5 Å². The van der Waals surface area contributed by atoms with Gasteiger partial charge in [0.1, 0.15) is 17.2 Å². The molecule has 0 bridgehead atoms. The molecule has 0 aliphatic rings. The summed E-state index contributed by atoms with van der Waals surface area (Å²) in [5, 5.41) is 0. The zero-order valence-corrected chi connectivity index (χ0v) is 27.5. The van der Waals surface area contributed by atoms with Crippen molar-refractivity contribution in [3.63, 3.8) is 0 Å². The predicted molar refractivity (Wildman–Crippen MR) is 183 cm³/mol. The van der Waals surface area contributed by atoms with Crippen molar-refractivity contribution in [2.75, 3.05) is 20.3 Å². The topological polar surface area (TPSA) is 27.7 Å². The molecule has 0 aliphatic carbocycles. The van der Waals surface area contributed by atoms with E-state index in [1.54, 1.807) is 7.11 Å². The van der Waals surface area contributed by atoms with Crippen molar-refractivity contribution in [2.24, 2.45) is 0 Å². The largest absolute Gasteiger partial charge is 0.497 e. The van der Waals surface area contributed by atoms with Crippen LogP contribution in [0.5, 0.6) is 17.2 Å². The lowest BCUT2D eigenvalue weighted by molar-refractivity contribution is 0.304. The second-order valence-electron chi connectivity index (χ2n) is 12.0. The first-order chi connectivity index (χ1) is 21.2. The number of hydrogen-bond acceptors (Lipinski definition) is 3. The third-order valence-corrected chi connectivity index (χ3v) is 8.41. The van der Waals surface area contributed by atoms with Crippen LogP contribution in [-0.4, -0.2) is 20.3 Å². The maximum Gasteiger partial charge on any atom is 0.119 e. The van der Waals surface area contributed by atoms with Crippen molar-refractivity contribution in [1.29, 1.82) is 0 Å². The highest BCUT2D eigenvalue weighted by molar-refractivity contribution is 5.46. The summed E-state index contributed by atoms with van der Waals surface area (Å²) in [6, 6.07) is 25.8. The molecule has 0 fully saturated rings. The zero-order valence-electron chi connectivity index (χ0n) is 27.5. The maximum atomic E-state index is 6.09. The molecule has 0 N–H and O–H groups in total. The second kappa shape index (κ2) is 21.7. The lowest BCUT2D eigenvalue weighted by atomic mass is 9.85. The van der Waals surface area contributed by atoms with Crippen LogP contribution in [0.4, 0.5) is 0 Å². The summed E-state index contributed by atoms with van der Waals surface area (Å²) in [5.41, 5.74) is 3.73. The summed E-state index contributed by atoms with van der Waals surface area (Å²) in [4.78, 5) is 0. The molecule has 0 aromatic heterocycles. The Morgan fingerprint density at radius 2 is 0.698 bits per heavy atom.